The standard InChI is InChI=1S/C14H14FNO3/c1-9-3-4-12(15)13(5-9)16-7-11-6-10(8-19-11)14(17)18-2/h3-6,8,16H,7H2,1-2H3. The second kappa shape index (κ2) is 5.56. The molecule has 19 heavy (non-hydrogen) atoms. The van der Waals surface area contributed by atoms with Gasteiger partial charge in [-0.1, -0.05) is 6.07 Å². The molecule has 0 amide bonds. The van der Waals surface area contributed by atoms with Gasteiger partial charge in [0.2, 0.25) is 0 Å². The number of halogens is 1. The molecule has 2 rings (SSSR count). The van der Waals surface area contributed by atoms with E-state index in [0.717, 1.165) is 5.56 Å². The van der Waals surface area contributed by atoms with E-state index in [4.69, 9.17) is 4.42 Å². The lowest BCUT2D eigenvalue weighted by Crippen LogP contribution is -2.01. The zero-order chi connectivity index (χ0) is 13.8. The van der Waals surface area contributed by atoms with Crippen molar-refractivity contribution in [3.05, 3.63) is 53.2 Å². The average Bonchev–Trinajstić information content (AvgIpc) is 2.88. The lowest BCUT2D eigenvalue weighted by molar-refractivity contribution is 0.0600. The van der Waals surface area contributed by atoms with E-state index in [1.165, 1.54) is 19.4 Å². The molecular formula is C14H14FNO3. The van der Waals surface area contributed by atoms with Crippen LogP contribution in [-0.4, -0.2) is 13.1 Å². The van der Waals surface area contributed by atoms with E-state index in [0.29, 0.717) is 17.0 Å². The number of anilines is 1. The molecule has 2 aromatic rings. The SMILES string of the molecule is COC(=O)c1coc(CNc2cc(C)ccc2F)c1. The maximum absolute atomic E-state index is 13.5. The summed E-state index contributed by atoms with van der Waals surface area (Å²) in [5.41, 5.74) is 1.69. The summed E-state index contributed by atoms with van der Waals surface area (Å²) >= 11 is 0. The molecule has 5 heteroatoms. The van der Waals surface area contributed by atoms with Crippen molar-refractivity contribution < 1.29 is 18.3 Å². The minimum atomic E-state index is -0.461. The van der Waals surface area contributed by atoms with E-state index in [9.17, 15) is 9.18 Å². The number of rotatable bonds is 4. The Balaban J connectivity index is 2.04. The molecule has 0 aliphatic carbocycles. The van der Waals surface area contributed by atoms with Crippen LogP contribution in [0, 0.1) is 12.7 Å². The van der Waals surface area contributed by atoms with Crippen LogP contribution < -0.4 is 5.32 Å². The summed E-state index contributed by atoms with van der Waals surface area (Å²) in [5, 5.41) is 2.92. The number of benzene rings is 1. The molecule has 0 fully saturated rings. The number of furan rings is 1. The third-order valence-electron chi connectivity index (χ3n) is 2.65. The molecule has 1 aromatic carbocycles. The molecule has 0 radical (unpaired) electrons. The van der Waals surface area contributed by atoms with Crippen molar-refractivity contribution >= 4 is 11.7 Å². The Kier molecular flexibility index (Phi) is 3.85. The van der Waals surface area contributed by atoms with Crippen molar-refractivity contribution in [2.75, 3.05) is 12.4 Å². The van der Waals surface area contributed by atoms with Gasteiger partial charge in [0, 0.05) is 0 Å². The Morgan fingerprint density at radius 1 is 1.42 bits per heavy atom. The van der Waals surface area contributed by atoms with E-state index in [2.05, 4.69) is 10.1 Å². The maximum Gasteiger partial charge on any atom is 0.341 e. The minimum Gasteiger partial charge on any atom is -0.467 e. The number of carbonyl (C=O) groups excluding carboxylic acids is 1. The number of aryl methyl sites for hydroxylation is 1. The first-order chi connectivity index (χ1) is 9.10. The molecule has 1 N–H and O–H groups in total. The Morgan fingerprint density at radius 3 is 2.95 bits per heavy atom. The van der Waals surface area contributed by atoms with Gasteiger partial charge in [-0.3, -0.25) is 0 Å². The van der Waals surface area contributed by atoms with Crippen LogP contribution in [0.3, 0.4) is 0 Å². The van der Waals surface area contributed by atoms with E-state index in [-0.39, 0.29) is 12.4 Å². The molecule has 0 spiro atoms. The Hall–Kier alpha value is -2.30. The second-order valence-electron chi connectivity index (χ2n) is 4.13. The number of hydrogen-bond donors (Lipinski definition) is 1. The summed E-state index contributed by atoms with van der Waals surface area (Å²) < 4.78 is 23.3. The average molecular weight is 263 g/mol. The molecule has 1 aromatic heterocycles. The van der Waals surface area contributed by atoms with Crippen LogP contribution >= 0.6 is 0 Å². The number of ether oxygens (including phenoxy) is 1. The third-order valence-corrected chi connectivity index (χ3v) is 2.65. The molecule has 0 saturated heterocycles. The highest BCUT2D eigenvalue weighted by atomic mass is 19.1. The predicted octanol–water partition coefficient (Wildman–Crippen LogP) is 3.13. The lowest BCUT2D eigenvalue weighted by atomic mass is 10.2. The van der Waals surface area contributed by atoms with Crippen LogP contribution in [-0.2, 0) is 11.3 Å². The van der Waals surface area contributed by atoms with Gasteiger partial charge < -0.3 is 14.5 Å². The van der Waals surface area contributed by atoms with Crippen LogP contribution in [0.25, 0.3) is 0 Å². The third kappa shape index (κ3) is 3.13. The molecular weight excluding hydrogens is 249 g/mol. The van der Waals surface area contributed by atoms with Gasteiger partial charge in [-0.2, -0.15) is 0 Å². The zero-order valence-electron chi connectivity index (χ0n) is 10.7. The summed E-state index contributed by atoms with van der Waals surface area (Å²) in [5.74, 6) is -0.261. The topological polar surface area (TPSA) is 51.5 Å². The summed E-state index contributed by atoms with van der Waals surface area (Å²) in [4.78, 5) is 11.2. The van der Waals surface area contributed by atoms with Gasteiger partial charge in [0.25, 0.3) is 0 Å². The molecule has 0 atom stereocenters. The van der Waals surface area contributed by atoms with Gasteiger partial charge >= 0.3 is 5.97 Å². The monoisotopic (exact) mass is 263 g/mol. The molecule has 0 bridgehead atoms. The normalized spacial score (nSPS) is 10.3. The first kappa shape index (κ1) is 13.1. The van der Waals surface area contributed by atoms with Crippen molar-refractivity contribution in [1.82, 2.24) is 0 Å². The van der Waals surface area contributed by atoms with E-state index >= 15 is 0 Å². The molecule has 1 heterocycles. The first-order valence-corrected chi connectivity index (χ1v) is 5.76. The van der Waals surface area contributed by atoms with Gasteiger partial charge in [0.15, 0.2) is 0 Å². The highest BCUT2D eigenvalue weighted by Crippen LogP contribution is 2.17. The molecule has 0 aliphatic rings. The van der Waals surface area contributed by atoms with Crippen LogP contribution in [0.1, 0.15) is 21.7 Å². The minimum absolute atomic E-state index is 0.289. The maximum atomic E-state index is 13.5. The smallest absolute Gasteiger partial charge is 0.341 e. The number of methoxy groups -OCH3 is 1. The van der Waals surface area contributed by atoms with Crippen molar-refractivity contribution in [3.8, 4) is 0 Å². The highest BCUT2D eigenvalue weighted by molar-refractivity contribution is 5.88. The van der Waals surface area contributed by atoms with Crippen molar-refractivity contribution in [2.24, 2.45) is 0 Å². The van der Waals surface area contributed by atoms with Crippen molar-refractivity contribution in [1.29, 1.82) is 0 Å². The quantitative estimate of drug-likeness (QED) is 0.861. The fourth-order valence-corrected chi connectivity index (χ4v) is 1.66. The van der Waals surface area contributed by atoms with Gasteiger partial charge in [0.1, 0.15) is 17.8 Å². The summed E-state index contributed by atoms with van der Waals surface area (Å²) in [6.07, 6.45) is 1.31. The molecule has 0 unspecified atom stereocenters. The van der Waals surface area contributed by atoms with Gasteiger partial charge in [-0.05, 0) is 30.7 Å². The van der Waals surface area contributed by atoms with Gasteiger partial charge in [-0.25, -0.2) is 9.18 Å². The Labute approximate surface area is 110 Å². The number of carbonyl (C=O) groups is 1. The summed E-state index contributed by atoms with van der Waals surface area (Å²) in [7, 11) is 1.30. The number of esters is 1. The molecule has 0 saturated carbocycles. The zero-order valence-corrected chi connectivity index (χ0v) is 10.7. The Morgan fingerprint density at radius 2 is 2.21 bits per heavy atom. The van der Waals surface area contributed by atoms with E-state index in [1.54, 1.807) is 18.2 Å². The number of hydrogen-bond acceptors (Lipinski definition) is 4. The van der Waals surface area contributed by atoms with Crippen LogP contribution in [0.5, 0.6) is 0 Å². The van der Waals surface area contributed by atoms with Gasteiger partial charge in [0.05, 0.1) is 24.9 Å². The lowest BCUT2D eigenvalue weighted by Gasteiger charge is -2.06. The van der Waals surface area contributed by atoms with Crippen LogP contribution in [0.2, 0.25) is 0 Å². The molecule has 4 nitrogen and oxygen atoms in total. The summed E-state index contributed by atoms with van der Waals surface area (Å²) in [6, 6.07) is 6.37. The molecule has 100 valence electrons. The second-order valence-corrected chi connectivity index (χ2v) is 4.13. The van der Waals surface area contributed by atoms with E-state index in [1.807, 2.05) is 6.92 Å². The first-order valence-electron chi connectivity index (χ1n) is 5.76. The highest BCUT2D eigenvalue weighted by Gasteiger charge is 2.10. The van der Waals surface area contributed by atoms with Crippen LogP contribution in [0.15, 0.2) is 34.9 Å². The fourth-order valence-electron chi connectivity index (χ4n) is 1.66. The molecule has 0 aliphatic heterocycles. The summed E-state index contributed by atoms with van der Waals surface area (Å²) in [6.45, 7) is 2.17. The largest absolute Gasteiger partial charge is 0.467 e. The number of nitrogens with one attached hydrogen (secondary N) is 1. The van der Waals surface area contributed by atoms with Crippen molar-refractivity contribution in [3.63, 3.8) is 0 Å². The fraction of sp³-hybridized carbons (Fsp3) is 0.214. The van der Waals surface area contributed by atoms with Crippen LogP contribution in [0.4, 0.5) is 10.1 Å². The van der Waals surface area contributed by atoms with Crippen molar-refractivity contribution in [2.45, 2.75) is 13.5 Å². The van der Waals surface area contributed by atoms with E-state index < -0.39 is 5.97 Å². The Bertz CT molecular complexity index is 592. The predicted molar refractivity (Wildman–Crippen MR) is 68.5 cm³/mol. The van der Waals surface area contributed by atoms with Gasteiger partial charge in [-0.15, -0.1) is 0 Å².